The Morgan fingerprint density at radius 3 is 2.54 bits per heavy atom. The molecule has 2 fully saturated rings. The summed E-state index contributed by atoms with van der Waals surface area (Å²) in [5, 5.41) is 1.02. The third-order valence-corrected chi connectivity index (χ3v) is 8.18. The largest absolute Gasteiger partial charge is 0.496 e. The second-order valence-corrected chi connectivity index (χ2v) is 11.6. The third-order valence-electron chi connectivity index (χ3n) is 8.18. The van der Waals surface area contributed by atoms with E-state index >= 15 is 0 Å². The number of ether oxygens (including phenoxy) is 2. The lowest BCUT2D eigenvalue weighted by molar-refractivity contribution is 0.0544. The fourth-order valence-electron chi connectivity index (χ4n) is 6.68. The van der Waals surface area contributed by atoms with Crippen molar-refractivity contribution in [3.63, 3.8) is 0 Å². The zero-order valence-corrected chi connectivity index (χ0v) is 22.7. The van der Waals surface area contributed by atoms with E-state index < -0.39 is 5.60 Å². The van der Waals surface area contributed by atoms with Crippen LogP contribution < -0.4 is 4.74 Å². The highest BCUT2D eigenvalue weighted by atomic mass is 16.6. The normalized spacial score (nSPS) is 22.6. The molecular weight excluding hydrogens is 462 g/mol. The number of carbonyl (C=O) groups excluding carboxylic acids is 1. The minimum Gasteiger partial charge on any atom is -0.496 e. The van der Waals surface area contributed by atoms with E-state index in [0.29, 0.717) is 17.5 Å². The lowest BCUT2D eigenvalue weighted by atomic mass is 9.88. The molecule has 6 heteroatoms. The molecule has 3 aromatic rings. The number of hydrogen-bond donors (Lipinski definition) is 0. The minimum absolute atomic E-state index is 0.0728. The summed E-state index contributed by atoms with van der Waals surface area (Å²) in [6.07, 6.45) is 5.23. The number of benzene rings is 2. The van der Waals surface area contributed by atoms with Crippen LogP contribution in [0.2, 0.25) is 0 Å². The molecule has 1 saturated carbocycles. The SMILES string of the molecule is [C-]#[N+]c1ccc(C2C3CCCC3CN2C(C)c2c(OC)cc(C)c3c2ccn3C(=O)OC(C)(C)C)cc1. The predicted octanol–water partition coefficient (Wildman–Crippen LogP) is 7.83. The first-order valence-corrected chi connectivity index (χ1v) is 13.3. The molecule has 4 atom stereocenters. The molecule has 6 nitrogen and oxygen atoms in total. The maximum absolute atomic E-state index is 13.1. The van der Waals surface area contributed by atoms with Crippen LogP contribution in [0.15, 0.2) is 42.6 Å². The fraction of sp³-hybridized carbons (Fsp3) is 0.484. The van der Waals surface area contributed by atoms with Gasteiger partial charge in [0.05, 0.1) is 19.2 Å². The highest BCUT2D eigenvalue weighted by Gasteiger charge is 2.47. The zero-order valence-electron chi connectivity index (χ0n) is 22.7. The summed E-state index contributed by atoms with van der Waals surface area (Å²) in [5.41, 5.74) is 4.33. The van der Waals surface area contributed by atoms with Crippen LogP contribution in [0.4, 0.5) is 10.5 Å². The summed E-state index contributed by atoms with van der Waals surface area (Å²) in [7, 11) is 1.72. The van der Waals surface area contributed by atoms with Crippen molar-refractivity contribution in [2.24, 2.45) is 11.8 Å². The van der Waals surface area contributed by atoms with E-state index in [1.54, 1.807) is 11.7 Å². The molecule has 0 spiro atoms. The first-order valence-electron chi connectivity index (χ1n) is 13.3. The van der Waals surface area contributed by atoms with E-state index in [9.17, 15) is 4.79 Å². The predicted molar refractivity (Wildman–Crippen MR) is 146 cm³/mol. The lowest BCUT2D eigenvalue weighted by Gasteiger charge is -2.35. The van der Waals surface area contributed by atoms with Crippen LogP contribution in [0.25, 0.3) is 15.7 Å². The Morgan fingerprint density at radius 1 is 1.16 bits per heavy atom. The van der Waals surface area contributed by atoms with E-state index in [-0.39, 0.29) is 18.2 Å². The number of nitrogens with zero attached hydrogens (tertiary/aromatic N) is 3. The van der Waals surface area contributed by atoms with Crippen LogP contribution in [0, 0.1) is 25.3 Å². The highest BCUT2D eigenvalue weighted by Crippen LogP contribution is 2.53. The highest BCUT2D eigenvalue weighted by molar-refractivity contribution is 5.95. The fourth-order valence-corrected chi connectivity index (χ4v) is 6.68. The van der Waals surface area contributed by atoms with Crippen LogP contribution in [0.5, 0.6) is 5.75 Å². The van der Waals surface area contributed by atoms with Crippen LogP contribution in [0.1, 0.15) is 75.7 Å². The van der Waals surface area contributed by atoms with Gasteiger partial charge in [0.25, 0.3) is 0 Å². The summed E-state index contributed by atoms with van der Waals surface area (Å²) in [4.78, 5) is 19.3. The zero-order chi connectivity index (χ0) is 26.5. The summed E-state index contributed by atoms with van der Waals surface area (Å²) < 4.78 is 13.3. The Morgan fingerprint density at radius 2 is 1.89 bits per heavy atom. The molecule has 0 amide bonds. The van der Waals surface area contributed by atoms with Crippen molar-refractivity contribution in [2.75, 3.05) is 13.7 Å². The Kier molecular flexibility index (Phi) is 6.53. The Labute approximate surface area is 220 Å². The van der Waals surface area contributed by atoms with Crippen molar-refractivity contribution in [3.8, 4) is 5.75 Å². The molecule has 0 bridgehead atoms. The minimum atomic E-state index is -0.576. The van der Waals surface area contributed by atoms with Gasteiger partial charge in [-0.2, -0.15) is 0 Å². The first-order chi connectivity index (χ1) is 17.6. The second kappa shape index (κ2) is 9.54. The molecule has 2 heterocycles. The summed E-state index contributed by atoms with van der Waals surface area (Å²) >= 11 is 0. The van der Waals surface area contributed by atoms with Gasteiger partial charge in [-0.25, -0.2) is 9.64 Å². The van der Waals surface area contributed by atoms with Crippen LogP contribution in [-0.4, -0.2) is 34.8 Å². The maximum atomic E-state index is 13.1. The number of rotatable bonds is 4. The van der Waals surface area contributed by atoms with Gasteiger partial charge in [-0.05, 0) is 82.6 Å². The van der Waals surface area contributed by atoms with Crippen LogP contribution >= 0.6 is 0 Å². The third kappa shape index (κ3) is 4.51. The monoisotopic (exact) mass is 499 g/mol. The van der Waals surface area contributed by atoms with Crippen molar-refractivity contribution in [1.82, 2.24) is 9.47 Å². The molecular formula is C31H37N3O3. The number of hydrogen-bond acceptors (Lipinski definition) is 4. The molecule has 37 heavy (non-hydrogen) atoms. The van der Waals surface area contributed by atoms with E-state index in [2.05, 4.69) is 28.8 Å². The smallest absolute Gasteiger partial charge is 0.419 e. The molecule has 2 aromatic carbocycles. The number of methoxy groups -OCH3 is 1. The average Bonchev–Trinajstić information content (AvgIpc) is 3.57. The molecule has 4 unspecified atom stereocenters. The maximum Gasteiger partial charge on any atom is 0.419 e. The van der Waals surface area contributed by atoms with Crippen LogP contribution in [0.3, 0.4) is 0 Å². The number of carbonyl (C=O) groups is 1. The Hall–Kier alpha value is -3.30. The summed E-state index contributed by atoms with van der Waals surface area (Å²) in [5.74, 6) is 2.13. The van der Waals surface area contributed by atoms with Crippen molar-refractivity contribution in [2.45, 2.75) is 71.6 Å². The molecule has 1 aliphatic heterocycles. The number of aryl methyl sites for hydroxylation is 1. The average molecular weight is 500 g/mol. The molecule has 2 aliphatic rings. The Bertz CT molecular complexity index is 1360. The summed E-state index contributed by atoms with van der Waals surface area (Å²) in [6.45, 7) is 18.3. The number of likely N-dealkylation sites (tertiary alicyclic amines) is 1. The molecule has 1 aromatic heterocycles. The second-order valence-electron chi connectivity index (χ2n) is 11.6. The van der Waals surface area contributed by atoms with Gasteiger partial charge in [0.1, 0.15) is 11.4 Å². The van der Waals surface area contributed by atoms with E-state index in [4.69, 9.17) is 16.0 Å². The lowest BCUT2D eigenvalue weighted by Crippen LogP contribution is -2.29. The quantitative estimate of drug-likeness (QED) is 0.343. The van der Waals surface area contributed by atoms with Gasteiger partial charge in [0.15, 0.2) is 5.69 Å². The molecule has 5 rings (SSSR count). The van der Waals surface area contributed by atoms with E-state index in [1.165, 1.54) is 24.8 Å². The number of fused-ring (bicyclic) bond motifs is 2. The molecule has 1 saturated heterocycles. The van der Waals surface area contributed by atoms with E-state index in [1.807, 2.05) is 58.2 Å². The molecule has 194 valence electrons. The van der Waals surface area contributed by atoms with Crippen molar-refractivity contribution < 1.29 is 14.3 Å². The Balaban J connectivity index is 1.60. The van der Waals surface area contributed by atoms with Gasteiger partial charge >= 0.3 is 6.09 Å². The van der Waals surface area contributed by atoms with Crippen molar-refractivity contribution >= 4 is 22.7 Å². The van der Waals surface area contributed by atoms with Gasteiger partial charge in [-0.3, -0.25) is 9.47 Å². The van der Waals surface area contributed by atoms with Crippen molar-refractivity contribution in [1.29, 1.82) is 0 Å². The van der Waals surface area contributed by atoms with Gasteiger partial charge < -0.3 is 9.47 Å². The van der Waals surface area contributed by atoms with Crippen molar-refractivity contribution in [3.05, 3.63) is 70.7 Å². The first kappa shape index (κ1) is 25.4. The van der Waals surface area contributed by atoms with Gasteiger partial charge in [0, 0.05) is 35.8 Å². The molecule has 1 aliphatic carbocycles. The number of aromatic nitrogens is 1. The van der Waals surface area contributed by atoms with Gasteiger partial charge in [0.2, 0.25) is 0 Å². The van der Waals surface area contributed by atoms with Gasteiger partial charge in [-0.1, -0.05) is 30.7 Å². The molecule has 0 N–H and O–H groups in total. The van der Waals surface area contributed by atoms with Crippen LogP contribution in [-0.2, 0) is 4.74 Å². The summed E-state index contributed by atoms with van der Waals surface area (Å²) in [6, 6.07) is 12.6. The van der Waals surface area contributed by atoms with E-state index in [0.717, 1.165) is 34.3 Å². The molecule has 0 radical (unpaired) electrons. The topological polar surface area (TPSA) is 48.1 Å². The standard InChI is InChI=1S/C31H37N3O3/c1-19-17-26(36-7)27(25-15-16-33(28(19)25)30(35)37-31(3,4)5)20(2)34-18-22-9-8-10-24(22)29(34)21-11-13-23(32-6)14-12-21/h11-17,20,22,24,29H,8-10,18H2,1-5,7H3. The van der Waals surface area contributed by atoms with Gasteiger partial charge in [-0.15, -0.1) is 0 Å².